The zero-order valence-corrected chi connectivity index (χ0v) is 17.6. The van der Waals surface area contributed by atoms with Crippen molar-refractivity contribution in [1.82, 2.24) is 0 Å². The summed E-state index contributed by atoms with van der Waals surface area (Å²) in [7, 11) is 0. The van der Waals surface area contributed by atoms with Crippen molar-refractivity contribution in [3.63, 3.8) is 0 Å². The number of hydrogen-bond acceptors (Lipinski definition) is 4. The molecule has 0 radical (unpaired) electrons. The van der Waals surface area contributed by atoms with E-state index in [1.54, 1.807) is 24.8 Å². The third-order valence-electron chi connectivity index (χ3n) is 3.95. The van der Waals surface area contributed by atoms with Crippen molar-refractivity contribution in [2.45, 2.75) is 23.3 Å². The van der Waals surface area contributed by atoms with Gasteiger partial charge in [0.1, 0.15) is 12.4 Å². The minimum absolute atomic E-state index is 0.348. The van der Waals surface area contributed by atoms with Crippen LogP contribution < -0.4 is 4.74 Å². The highest BCUT2D eigenvalue weighted by Crippen LogP contribution is 2.33. The molecule has 0 saturated carbocycles. The van der Waals surface area contributed by atoms with Crippen molar-refractivity contribution in [2.24, 2.45) is 0 Å². The minimum atomic E-state index is -0.380. The van der Waals surface area contributed by atoms with Crippen LogP contribution in [0.4, 0.5) is 0 Å². The van der Waals surface area contributed by atoms with Crippen LogP contribution in [-0.2, 0) is 16.1 Å². The summed E-state index contributed by atoms with van der Waals surface area (Å²) in [4.78, 5) is 13.5. The molecule has 0 atom stereocenters. The van der Waals surface area contributed by atoms with Gasteiger partial charge in [-0.1, -0.05) is 65.8 Å². The van der Waals surface area contributed by atoms with E-state index in [0.29, 0.717) is 18.2 Å². The van der Waals surface area contributed by atoms with Crippen LogP contribution in [0, 0.1) is 0 Å². The molecule has 0 aromatic heterocycles. The van der Waals surface area contributed by atoms with Crippen LogP contribution in [0.1, 0.15) is 18.1 Å². The lowest BCUT2D eigenvalue weighted by atomic mass is 10.2. The van der Waals surface area contributed by atoms with E-state index in [1.807, 2.05) is 72.8 Å². The number of carbonyl (C=O) groups excluding carboxylic acids is 1. The molecule has 0 aliphatic heterocycles. The lowest BCUT2D eigenvalue weighted by Crippen LogP contribution is -1.98. The second kappa shape index (κ2) is 10.7. The van der Waals surface area contributed by atoms with E-state index in [-0.39, 0.29) is 5.97 Å². The van der Waals surface area contributed by atoms with Gasteiger partial charge in [0.15, 0.2) is 0 Å². The summed E-state index contributed by atoms with van der Waals surface area (Å²) in [6.07, 6.45) is 3.04. The summed E-state index contributed by atoms with van der Waals surface area (Å²) in [5.41, 5.74) is 1.90. The van der Waals surface area contributed by atoms with Crippen LogP contribution in [0.2, 0.25) is 5.02 Å². The molecular weight excluding hydrogens is 404 g/mol. The molecule has 3 rings (SSSR count). The molecule has 0 N–H and O–H groups in total. The molecule has 0 spiro atoms. The molecule has 0 saturated heterocycles. The van der Waals surface area contributed by atoms with Gasteiger partial charge in [-0.15, -0.1) is 0 Å². The Hall–Kier alpha value is -2.69. The average molecular weight is 425 g/mol. The Labute approximate surface area is 180 Å². The van der Waals surface area contributed by atoms with E-state index in [2.05, 4.69) is 0 Å². The summed E-state index contributed by atoms with van der Waals surface area (Å²) in [6.45, 7) is 2.65. The van der Waals surface area contributed by atoms with Gasteiger partial charge >= 0.3 is 5.97 Å². The molecule has 3 nitrogen and oxygen atoms in total. The van der Waals surface area contributed by atoms with E-state index >= 15 is 0 Å². The average Bonchev–Trinajstić information content (AvgIpc) is 2.73. The van der Waals surface area contributed by atoms with E-state index in [4.69, 9.17) is 21.1 Å². The van der Waals surface area contributed by atoms with E-state index in [9.17, 15) is 4.79 Å². The Balaban J connectivity index is 1.64. The molecule has 0 bridgehead atoms. The molecule has 5 heteroatoms. The third-order valence-corrected chi connectivity index (χ3v) is 5.25. The van der Waals surface area contributed by atoms with Gasteiger partial charge in [0, 0.05) is 20.9 Å². The topological polar surface area (TPSA) is 35.5 Å². The largest absolute Gasteiger partial charge is 0.489 e. The summed E-state index contributed by atoms with van der Waals surface area (Å²) >= 11 is 7.96. The minimum Gasteiger partial charge on any atom is -0.489 e. The Kier molecular flexibility index (Phi) is 7.79. The number of benzene rings is 3. The van der Waals surface area contributed by atoms with E-state index < -0.39 is 0 Å². The SMILES string of the molecule is CCOC(=O)/C=C/c1ccc(Sc2cccc(OCc3ccccc3)c2)cc1Cl. The summed E-state index contributed by atoms with van der Waals surface area (Å²) in [5, 5.41) is 0.576. The fraction of sp³-hybridized carbons (Fsp3) is 0.125. The van der Waals surface area contributed by atoms with Crippen LogP contribution in [-0.4, -0.2) is 12.6 Å². The number of ether oxygens (including phenoxy) is 2. The Morgan fingerprint density at radius 3 is 2.55 bits per heavy atom. The lowest BCUT2D eigenvalue weighted by Gasteiger charge is -2.09. The second-order valence-electron chi connectivity index (χ2n) is 6.12. The molecule has 0 aliphatic rings. The van der Waals surface area contributed by atoms with Crippen molar-refractivity contribution in [3.8, 4) is 5.75 Å². The number of rotatable bonds is 8. The fourth-order valence-corrected chi connectivity index (χ4v) is 3.77. The molecule has 29 heavy (non-hydrogen) atoms. The maximum absolute atomic E-state index is 11.4. The summed E-state index contributed by atoms with van der Waals surface area (Å²) in [5.74, 6) is 0.438. The quantitative estimate of drug-likeness (QED) is 0.299. The van der Waals surface area contributed by atoms with Crippen LogP contribution in [0.5, 0.6) is 5.75 Å². The van der Waals surface area contributed by atoms with Gasteiger partial charge in [-0.25, -0.2) is 4.79 Å². The van der Waals surface area contributed by atoms with Crippen LogP contribution in [0.15, 0.2) is 88.7 Å². The maximum atomic E-state index is 11.4. The molecule has 0 unspecified atom stereocenters. The van der Waals surface area contributed by atoms with Crippen molar-refractivity contribution in [1.29, 1.82) is 0 Å². The molecule has 3 aromatic carbocycles. The number of esters is 1. The monoisotopic (exact) mass is 424 g/mol. The maximum Gasteiger partial charge on any atom is 0.330 e. The van der Waals surface area contributed by atoms with Gasteiger partial charge in [-0.2, -0.15) is 0 Å². The second-order valence-corrected chi connectivity index (χ2v) is 7.67. The first kappa shape index (κ1) is 21.0. The fourth-order valence-electron chi connectivity index (χ4n) is 2.56. The number of hydrogen-bond donors (Lipinski definition) is 0. The van der Waals surface area contributed by atoms with Crippen LogP contribution in [0.25, 0.3) is 6.08 Å². The zero-order valence-electron chi connectivity index (χ0n) is 16.0. The standard InChI is InChI=1S/C24H21ClO3S/c1-2-27-24(26)14-12-19-11-13-22(16-23(19)25)29-21-10-6-9-20(15-21)28-17-18-7-4-3-5-8-18/h3-16H,2,17H2,1H3/b14-12+. The molecule has 0 aliphatic carbocycles. The lowest BCUT2D eigenvalue weighted by molar-refractivity contribution is -0.137. The van der Waals surface area contributed by atoms with Crippen LogP contribution in [0.3, 0.4) is 0 Å². The first-order valence-corrected chi connectivity index (χ1v) is 10.4. The predicted molar refractivity (Wildman–Crippen MR) is 118 cm³/mol. The molecule has 0 heterocycles. The summed E-state index contributed by atoms with van der Waals surface area (Å²) < 4.78 is 10.8. The molecular formula is C24H21ClO3S. The Morgan fingerprint density at radius 1 is 1.00 bits per heavy atom. The van der Waals surface area contributed by atoms with Gasteiger partial charge in [-0.05, 0) is 54.5 Å². The van der Waals surface area contributed by atoms with Gasteiger partial charge in [0.2, 0.25) is 0 Å². The first-order chi connectivity index (χ1) is 14.1. The Bertz CT molecular complexity index is 986. The van der Waals surface area contributed by atoms with Crippen molar-refractivity contribution >= 4 is 35.4 Å². The van der Waals surface area contributed by atoms with Gasteiger partial charge in [-0.3, -0.25) is 0 Å². The highest BCUT2D eigenvalue weighted by molar-refractivity contribution is 7.99. The first-order valence-electron chi connectivity index (χ1n) is 9.23. The zero-order chi connectivity index (χ0) is 20.5. The molecule has 0 fully saturated rings. The number of halogens is 1. The van der Waals surface area contributed by atoms with E-state index in [0.717, 1.165) is 26.7 Å². The highest BCUT2D eigenvalue weighted by atomic mass is 35.5. The van der Waals surface area contributed by atoms with Crippen molar-refractivity contribution in [3.05, 3.63) is 95.0 Å². The Morgan fingerprint density at radius 2 is 1.79 bits per heavy atom. The van der Waals surface area contributed by atoms with Crippen LogP contribution >= 0.6 is 23.4 Å². The van der Waals surface area contributed by atoms with Crippen molar-refractivity contribution < 1.29 is 14.3 Å². The highest BCUT2D eigenvalue weighted by Gasteiger charge is 2.04. The van der Waals surface area contributed by atoms with Gasteiger partial charge < -0.3 is 9.47 Å². The number of carbonyl (C=O) groups is 1. The predicted octanol–water partition coefficient (Wildman–Crippen LogP) is 6.65. The van der Waals surface area contributed by atoms with Gasteiger partial charge in [0.05, 0.1) is 6.61 Å². The molecule has 0 amide bonds. The van der Waals surface area contributed by atoms with Crippen molar-refractivity contribution in [2.75, 3.05) is 6.61 Å². The summed E-state index contributed by atoms with van der Waals surface area (Å²) in [6, 6.07) is 23.8. The molecule has 3 aromatic rings. The normalized spacial score (nSPS) is 10.8. The third kappa shape index (κ3) is 6.70. The smallest absolute Gasteiger partial charge is 0.330 e. The van der Waals surface area contributed by atoms with Gasteiger partial charge in [0.25, 0.3) is 0 Å². The van der Waals surface area contributed by atoms with E-state index in [1.165, 1.54) is 6.08 Å². The molecule has 148 valence electrons.